The van der Waals surface area contributed by atoms with E-state index >= 15 is 0 Å². The van der Waals surface area contributed by atoms with Gasteiger partial charge in [-0.25, -0.2) is 4.39 Å². The number of hydrogen-bond acceptors (Lipinski definition) is 2. The highest BCUT2D eigenvalue weighted by molar-refractivity contribution is 6.33. The van der Waals surface area contributed by atoms with Crippen LogP contribution in [0.25, 0.3) is 0 Å². The topological polar surface area (TPSA) is 21.3 Å². The molecule has 0 aliphatic carbocycles. The van der Waals surface area contributed by atoms with Crippen LogP contribution in [0.4, 0.5) is 10.1 Å². The zero-order chi connectivity index (χ0) is 15.4. The average molecular weight is 328 g/mol. The van der Waals surface area contributed by atoms with Crippen LogP contribution in [-0.2, 0) is 0 Å². The number of hydrogen-bond donors (Lipinski definition) is 1. The van der Waals surface area contributed by atoms with E-state index in [9.17, 15) is 4.39 Å². The van der Waals surface area contributed by atoms with Crippen LogP contribution in [0.1, 0.15) is 25.5 Å². The van der Waals surface area contributed by atoms with E-state index in [0.29, 0.717) is 22.3 Å². The predicted octanol–water partition coefficient (Wildman–Crippen LogP) is 5.70. The molecule has 1 atom stereocenters. The minimum Gasteiger partial charge on any atom is -0.491 e. The molecular formula is C16H16Cl2FNO. The maximum Gasteiger partial charge on any atom is 0.167 e. The van der Waals surface area contributed by atoms with E-state index in [0.717, 1.165) is 5.56 Å². The van der Waals surface area contributed by atoms with Crippen LogP contribution in [0.3, 0.4) is 0 Å². The number of halogens is 3. The molecule has 112 valence electrons. The maximum atomic E-state index is 13.8. The summed E-state index contributed by atoms with van der Waals surface area (Å²) in [4.78, 5) is 0. The van der Waals surface area contributed by atoms with Gasteiger partial charge in [0.2, 0.25) is 0 Å². The van der Waals surface area contributed by atoms with Crippen LogP contribution in [0, 0.1) is 5.82 Å². The first-order chi connectivity index (χ1) is 10.0. The highest BCUT2D eigenvalue weighted by atomic mass is 35.5. The second-order valence-electron chi connectivity index (χ2n) is 4.61. The lowest BCUT2D eigenvalue weighted by molar-refractivity contribution is 0.321. The molecule has 0 radical (unpaired) electrons. The van der Waals surface area contributed by atoms with Gasteiger partial charge in [-0.2, -0.15) is 0 Å². The fourth-order valence-electron chi connectivity index (χ4n) is 2.04. The highest BCUT2D eigenvalue weighted by Crippen LogP contribution is 2.29. The SMILES string of the molecule is CCOc1ccc(NC(C)c2cc(Cl)ccc2Cl)cc1F. The molecule has 1 N–H and O–H groups in total. The molecule has 1 unspecified atom stereocenters. The van der Waals surface area contributed by atoms with Crippen molar-refractivity contribution in [3.63, 3.8) is 0 Å². The lowest BCUT2D eigenvalue weighted by Crippen LogP contribution is -2.07. The summed E-state index contributed by atoms with van der Waals surface area (Å²) in [5.41, 5.74) is 1.51. The van der Waals surface area contributed by atoms with Gasteiger partial charge in [0, 0.05) is 21.8 Å². The first-order valence-electron chi connectivity index (χ1n) is 6.65. The molecule has 2 aromatic carbocycles. The largest absolute Gasteiger partial charge is 0.491 e. The summed E-state index contributed by atoms with van der Waals surface area (Å²) in [5.74, 6) is -0.150. The van der Waals surface area contributed by atoms with Gasteiger partial charge in [0.25, 0.3) is 0 Å². The van der Waals surface area contributed by atoms with Crippen LogP contribution in [0.15, 0.2) is 36.4 Å². The molecule has 2 nitrogen and oxygen atoms in total. The number of ether oxygens (including phenoxy) is 1. The summed E-state index contributed by atoms with van der Waals surface area (Å²) in [6.45, 7) is 4.18. The number of anilines is 1. The minimum absolute atomic E-state index is 0.103. The van der Waals surface area contributed by atoms with E-state index in [2.05, 4.69) is 5.32 Å². The Labute approximate surface area is 133 Å². The summed E-state index contributed by atoms with van der Waals surface area (Å²) in [6, 6.07) is 9.95. The molecule has 21 heavy (non-hydrogen) atoms. The standard InChI is InChI=1S/C16H16Cl2FNO/c1-3-21-16-7-5-12(9-15(16)19)20-10(2)13-8-11(17)4-6-14(13)18/h4-10,20H,3H2,1-2H3. The molecule has 0 aliphatic rings. The van der Waals surface area contributed by atoms with Crippen molar-refractivity contribution >= 4 is 28.9 Å². The zero-order valence-electron chi connectivity index (χ0n) is 11.8. The molecule has 0 saturated heterocycles. The van der Waals surface area contributed by atoms with Gasteiger partial charge in [0.05, 0.1) is 12.6 Å². The molecule has 0 bridgehead atoms. The van der Waals surface area contributed by atoms with Gasteiger partial charge in [-0.05, 0) is 49.7 Å². The molecule has 5 heteroatoms. The lowest BCUT2D eigenvalue weighted by Gasteiger charge is -2.18. The van der Waals surface area contributed by atoms with Gasteiger partial charge in [-0.15, -0.1) is 0 Å². The second-order valence-corrected chi connectivity index (χ2v) is 5.45. The third-order valence-electron chi connectivity index (χ3n) is 3.04. The van der Waals surface area contributed by atoms with Crippen LogP contribution in [-0.4, -0.2) is 6.61 Å². The monoisotopic (exact) mass is 327 g/mol. The molecule has 0 aromatic heterocycles. The third kappa shape index (κ3) is 4.02. The van der Waals surface area contributed by atoms with E-state index in [1.165, 1.54) is 6.07 Å². The Balaban J connectivity index is 2.17. The zero-order valence-corrected chi connectivity index (χ0v) is 13.3. The number of rotatable bonds is 5. The first kappa shape index (κ1) is 15.9. The van der Waals surface area contributed by atoms with Crippen LogP contribution >= 0.6 is 23.2 Å². The van der Waals surface area contributed by atoms with E-state index in [-0.39, 0.29) is 11.8 Å². The first-order valence-corrected chi connectivity index (χ1v) is 7.40. The Kier molecular flexibility index (Phi) is 5.32. The fourth-order valence-corrected chi connectivity index (χ4v) is 2.50. The van der Waals surface area contributed by atoms with Crippen molar-refractivity contribution in [1.82, 2.24) is 0 Å². The van der Waals surface area contributed by atoms with Crippen LogP contribution < -0.4 is 10.1 Å². The summed E-state index contributed by atoms with van der Waals surface area (Å²) in [6.07, 6.45) is 0. The Morgan fingerprint density at radius 1 is 1.19 bits per heavy atom. The summed E-state index contributed by atoms with van der Waals surface area (Å²) in [7, 11) is 0. The molecule has 0 heterocycles. The molecule has 0 spiro atoms. The van der Waals surface area contributed by atoms with Crippen LogP contribution in [0.5, 0.6) is 5.75 Å². The van der Waals surface area contributed by atoms with Gasteiger partial charge < -0.3 is 10.1 Å². The fraction of sp³-hybridized carbons (Fsp3) is 0.250. The predicted molar refractivity (Wildman–Crippen MR) is 86.1 cm³/mol. The van der Waals surface area contributed by atoms with Gasteiger partial charge in [0.1, 0.15) is 0 Å². The summed E-state index contributed by atoms with van der Waals surface area (Å²) >= 11 is 12.1. The Bertz CT molecular complexity index is 634. The van der Waals surface area contributed by atoms with E-state index in [1.807, 2.05) is 13.8 Å². The summed E-state index contributed by atoms with van der Waals surface area (Å²) in [5, 5.41) is 4.43. The van der Waals surface area contributed by atoms with Crippen molar-refractivity contribution in [2.24, 2.45) is 0 Å². The summed E-state index contributed by atoms with van der Waals surface area (Å²) < 4.78 is 19.0. The van der Waals surface area contributed by atoms with Gasteiger partial charge >= 0.3 is 0 Å². The van der Waals surface area contributed by atoms with Gasteiger partial charge in [0.15, 0.2) is 11.6 Å². The van der Waals surface area contributed by atoms with Crippen molar-refractivity contribution in [1.29, 1.82) is 0 Å². The maximum absolute atomic E-state index is 13.8. The smallest absolute Gasteiger partial charge is 0.167 e. The number of nitrogens with one attached hydrogen (secondary N) is 1. The molecular weight excluding hydrogens is 312 g/mol. The van der Waals surface area contributed by atoms with Gasteiger partial charge in [-0.3, -0.25) is 0 Å². The highest BCUT2D eigenvalue weighted by Gasteiger charge is 2.12. The second kappa shape index (κ2) is 7.01. The Morgan fingerprint density at radius 2 is 1.95 bits per heavy atom. The molecule has 0 fully saturated rings. The van der Waals surface area contributed by atoms with E-state index in [4.69, 9.17) is 27.9 Å². The van der Waals surface area contributed by atoms with Crippen molar-refractivity contribution in [3.8, 4) is 5.75 Å². The van der Waals surface area contributed by atoms with E-state index < -0.39 is 5.82 Å². The Hall–Kier alpha value is -1.45. The third-order valence-corrected chi connectivity index (χ3v) is 3.62. The van der Waals surface area contributed by atoms with Gasteiger partial charge in [-0.1, -0.05) is 23.2 Å². The lowest BCUT2D eigenvalue weighted by atomic mass is 10.1. The average Bonchev–Trinajstić information content (AvgIpc) is 2.44. The Morgan fingerprint density at radius 3 is 2.62 bits per heavy atom. The molecule has 0 aliphatic heterocycles. The number of benzene rings is 2. The van der Waals surface area contributed by atoms with Crippen molar-refractivity contribution < 1.29 is 9.13 Å². The molecule has 2 rings (SSSR count). The minimum atomic E-state index is -0.397. The quantitative estimate of drug-likeness (QED) is 0.760. The van der Waals surface area contributed by atoms with E-state index in [1.54, 1.807) is 30.3 Å². The van der Waals surface area contributed by atoms with Crippen molar-refractivity contribution in [2.45, 2.75) is 19.9 Å². The molecule has 2 aromatic rings. The van der Waals surface area contributed by atoms with Crippen molar-refractivity contribution in [2.75, 3.05) is 11.9 Å². The van der Waals surface area contributed by atoms with Crippen molar-refractivity contribution in [3.05, 3.63) is 57.8 Å². The van der Waals surface area contributed by atoms with Crippen LogP contribution in [0.2, 0.25) is 10.0 Å². The molecule has 0 amide bonds. The molecule has 0 saturated carbocycles. The normalized spacial score (nSPS) is 12.0.